The molecule has 16 heteroatoms. The summed E-state index contributed by atoms with van der Waals surface area (Å²) in [6.45, 7) is 0.607. The zero-order valence-electron chi connectivity index (χ0n) is 22.5. The number of aromatic nitrogens is 5. The van der Waals surface area contributed by atoms with Gasteiger partial charge in [0.25, 0.3) is 10.0 Å². The minimum absolute atomic E-state index is 0.0171. The van der Waals surface area contributed by atoms with Crippen LogP contribution in [0.15, 0.2) is 72.3 Å². The first kappa shape index (κ1) is 29.4. The van der Waals surface area contributed by atoms with Crippen LogP contribution in [0.3, 0.4) is 0 Å². The molecule has 4 heterocycles. The Kier molecular flexibility index (Phi) is 7.63. The van der Waals surface area contributed by atoms with Gasteiger partial charge in [0.1, 0.15) is 41.1 Å². The summed E-state index contributed by atoms with van der Waals surface area (Å²) in [6, 6.07) is 7.52. The van der Waals surface area contributed by atoms with E-state index in [-0.39, 0.29) is 12.0 Å². The predicted molar refractivity (Wildman–Crippen MR) is 149 cm³/mol. The van der Waals surface area contributed by atoms with E-state index in [1.54, 1.807) is 23.0 Å². The molecule has 0 spiro atoms. The highest BCUT2D eigenvalue weighted by molar-refractivity contribution is 7.92. The molecule has 10 nitrogen and oxygen atoms in total. The van der Waals surface area contributed by atoms with Crippen LogP contribution in [0.1, 0.15) is 31.1 Å². The van der Waals surface area contributed by atoms with Crippen molar-refractivity contribution in [3.8, 4) is 11.3 Å². The molecule has 2 aromatic carbocycles. The molecule has 1 fully saturated rings. The summed E-state index contributed by atoms with van der Waals surface area (Å²) < 4.78 is 105. The van der Waals surface area contributed by atoms with E-state index >= 15 is 4.39 Å². The fourth-order valence-corrected chi connectivity index (χ4v) is 5.85. The smallest absolute Gasteiger partial charge is 0.358 e. The highest BCUT2D eigenvalue weighted by Gasteiger charge is 2.31. The number of ether oxygens (including phenoxy) is 1. The summed E-state index contributed by atoms with van der Waals surface area (Å²) in [4.78, 5) is 16.8. The Bertz CT molecular complexity index is 1940. The Morgan fingerprint density at radius 1 is 0.955 bits per heavy atom. The second kappa shape index (κ2) is 11.4. The van der Waals surface area contributed by atoms with Crippen LogP contribution < -0.4 is 10.0 Å². The number of halogens is 5. The summed E-state index contributed by atoms with van der Waals surface area (Å²) in [5.74, 6) is -2.40. The molecule has 0 amide bonds. The summed E-state index contributed by atoms with van der Waals surface area (Å²) in [5.41, 5.74) is -0.905. The number of benzene rings is 2. The largest absolute Gasteiger partial charge is 0.416 e. The molecule has 0 bridgehead atoms. The van der Waals surface area contributed by atoms with Gasteiger partial charge in [-0.15, -0.1) is 0 Å². The van der Waals surface area contributed by atoms with Crippen molar-refractivity contribution in [1.29, 1.82) is 0 Å². The lowest BCUT2D eigenvalue weighted by Crippen LogP contribution is -2.17. The van der Waals surface area contributed by atoms with Gasteiger partial charge in [0, 0.05) is 18.4 Å². The van der Waals surface area contributed by atoms with E-state index in [0.717, 1.165) is 43.5 Å². The highest BCUT2D eigenvalue weighted by Crippen LogP contribution is 2.36. The molecule has 0 aliphatic carbocycles. The van der Waals surface area contributed by atoms with Crippen molar-refractivity contribution in [2.45, 2.75) is 36.6 Å². The maximum atomic E-state index is 15.6. The van der Waals surface area contributed by atoms with Gasteiger partial charge in [-0.05, 0) is 67.8 Å². The Balaban J connectivity index is 1.32. The quantitative estimate of drug-likeness (QED) is 0.197. The van der Waals surface area contributed by atoms with Gasteiger partial charge >= 0.3 is 6.18 Å². The van der Waals surface area contributed by atoms with Crippen LogP contribution in [0.2, 0.25) is 0 Å². The standard InChI is InChI=1S/C28H22F5N7O3S/c29-19-10-11-20(39-44(41,42)17-8-6-16(7-9-17)28(31,32)33)22(30)24(19)38-26-18(4-3-12-34-26)23-25-27(36-14-35-23)40(15-37-25)21-5-1-2-13-43-21/h3-4,6-12,14-15,21,39H,1-2,5,13H2,(H,34,38). The van der Waals surface area contributed by atoms with Gasteiger partial charge < -0.3 is 10.1 Å². The maximum absolute atomic E-state index is 15.6. The molecular formula is C28H22F5N7O3S. The molecule has 1 saturated heterocycles. The second-order valence-corrected chi connectivity index (χ2v) is 11.5. The van der Waals surface area contributed by atoms with Crippen LogP contribution in [0.25, 0.3) is 22.4 Å². The predicted octanol–water partition coefficient (Wildman–Crippen LogP) is 6.43. The van der Waals surface area contributed by atoms with E-state index in [2.05, 4.69) is 25.3 Å². The molecule has 44 heavy (non-hydrogen) atoms. The van der Waals surface area contributed by atoms with E-state index in [1.165, 1.54) is 12.5 Å². The lowest BCUT2D eigenvalue weighted by Gasteiger charge is -2.23. The molecule has 1 atom stereocenters. The van der Waals surface area contributed by atoms with Crippen LogP contribution in [-0.4, -0.2) is 39.5 Å². The Labute approximate surface area is 247 Å². The average molecular weight is 632 g/mol. The van der Waals surface area contributed by atoms with Crippen molar-refractivity contribution in [2.75, 3.05) is 16.6 Å². The lowest BCUT2D eigenvalue weighted by atomic mass is 10.1. The van der Waals surface area contributed by atoms with Crippen LogP contribution >= 0.6 is 0 Å². The molecule has 6 rings (SSSR count). The van der Waals surface area contributed by atoms with Gasteiger partial charge in [-0.25, -0.2) is 37.1 Å². The molecule has 5 aromatic rings. The van der Waals surface area contributed by atoms with E-state index in [9.17, 15) is 26.0 Å². The fraction of sp³-hybridized carbons (Fsp3) is 0.214. The van der Waals surface area contributed by atoms with Gasteiger partial charge in [0.2, 0.25) is 0 Å². The van der Waals surface area contributed by atoms with Gasteiger partial charge in [-0.1, -0.05) is 0 Å². The van der Waals surface area contributed by atoms with Crippen LogP contribution in [0.4, 0.5) is 39.1 Å². The Morgan fingerprint density at radius 3 is 2.48 bits per heavy atom. The number of anilines is 3. The monoisotopic (exact) mass is 631 g/mol. The maximum Gasteiger partial charge on any atom is 0.416 e. The fourth-order valence-electron chi connectivity index (χ4n) is 4.79. The van der Waals surface area contributed by atoms with Crippen molar-refractivity contribution in [2.24, 2.45) is 0 Å². The van der Waals surface area contributed by atoms with Crippen LogP contribution in [0, 0.1) is 11.6 Å². The normalized spacial score (nSPS) is 15.8. The first-order valence-electron chi connectivity index (χ1n) is 13.2. The third-order valence-electron chi connectivity index (χ3n) is 6.96. The molecule has 0 radical (unpaired) electrons. The summed E-state index contributed by atoms with van der Waals surface area (Å²) >= 11 is 0. The second-order valence-electron chi connectivity index (χ2n) is 9.80. The first-order valence-corrected chi connectivity index (χ1v) is 14.7. The number of sulfonamides is 1. The first-order chi connectivity index (χ1) is 21.0. The number of hydrogen-bond donors (Lipinski definition) is 2. The van der Waals surface area contributed by atoms with Crippen molar-refractivity contribution >= 4 is 38.4 Å². The lowest BCUT2D eigenvalue weighted by molar-refractivity contribution is -0.137. The topological polar surface area (TPSA) is 124 Å². The third kappa shape index (κ3) is 5.65. The number of nitrogens with zero attached hydrogens (tertiary/aromatic N) is 5. The Morgan fingerprint density at radius 2 is 1.75 bits per heavy atom. The number of fused-ring (bicyclic) bond motifs is 1. The highest BCUT2D eigenvalue weighted by atomic mass is 32.2. The molecule has 1 unspecified atom stereocenters. The van der Waals surface area contributed by atoms with Gasteiger partial charge in [-0.3, -0.25) is 9.29 Å². The van der Waals surface area contributed by atoms with E-state index < -0.39 is 49.7 Å². The van der Waals surface area contributed by atoms with E-state index in [1.807, 2.05) is 4.72 Å². The summed E-state index contributed by atoms with van der Waals surface area (Å²) in [7, 11) is -4.54. The molecule has 1 aliphatic rings. The third-order valence-corrected chi connectivity index (χ3v) is 8.34. The number of rotatable bonds is 7. The summed E-state index contributed by atoms with van der Waals surface area (Å²) in [5, 5.41) is 2.59. The number of imidazole rings is 1. The minimum atomic E-state index is -4.68. The molecular weight excluding hydrogens is 609 g/mol. The van der Waals surface area contributed by atoms with Crippen LogP contribution in [0.5, 0.6) is 0 Å². The molecule has 2 N–H and O–H groups in total. The van der Waals surface area contributed by atoms with E-state index in [4.69, 9.17) is 4.74 Å². The molecule has 228 valence electrons. The van der Waals surface area contributed by atoms with Crippen molar-refractivity contribution < 1.29 is 35.1 Å². The van der Waals surface area contributed by atoms with E-state index in [0.29, 0.717) is 41.2 Å². The molecule has 0 saturated carbocycles. The Hall–Kier alpha value is -4.70. The van der Waals surface area contributed by atoms with Crippen LogP contribution in [-0.2, 0) is 20.9 Å². The zero-order valence-corrected chi connectivity index (χ0v) is 23.3. The van der Waals surface area contributed by atoms with Gasteiger partial charge in [0.15, 0.2) is 11.5 Å². The average Bonchev–Trinajstić information content (AvgIpc) is 3.46. The molecule has 3 aromatic heterocycles. The van der Waals surface area contributed by atoms with Crippen molar-refractivity contribution in [1.82, 2.24) is 24.5 Å². The molecule has 1 aliphatic heterocycles. The van der Waals surface area contributed by atoms with Crippen molar-refractivity contribution in [3.05, 3.63) is 84.6 Å². The number of pyridine rings is 1. The SMILES string of the molecule is O=S(=O)(Nc1ccc(F)c(Nc2ncccc2-c2ncnc3c2ncn3C2CCCCO2)c1F)c1ccc(C(F)(F)F)cc1. The summed E-state index contributed by atoms with van der Waals surface area (Å²) in [6.07, 6.45) is 2.09. The van der Waals surface area contributed by atoms with Gasteiger partial charge in [-0.2, -0.15) is 13.2 Å². The minimum Gasteiger partial charge on any atom is -0.358 e. The number of hydrogen-bond acceptors (Lipinski definition) is 8. The van der Waals surface area contributed by atoms with Crippen molar-refractivity contribution in [3.63, 3.8) is 0 Å². The van der Waals surface area contributed by atoms with Gasteiger partial charge in [0.05, 0.1) is 22.5 Å². The zero-order chi connectivity index (χ0) is 31.1. The number of nitrogens with one attached hydrogen (secondary N) is 2. The number of alkyl halides is 3.